The predicted molar refractivity (Wildman–Crippen MR) is 118 cm³/mol. The van der Waals surface area contributed by atoms with Crippen LogP contribution in [0.5, 0.6) is 11.5 Å². The molecular weight excluding hydrogens is 380 g/mol. The van der Waals surface area contributed by atoms with Crippen LogP contribution in [0.25, 0.3) is 0 Å². The average molecular weight is 411 g/mol. The molecule has 1 saturated heterocycles. The molecule has 0 radical (unpaired) electrons. The van der Waals surface area contributed by atoms with E-state index in [1.807, 2.05) is 12.1 Å². The highest BCUT2D eigenvalue weighted by Crippen LogP contribution is 2.26. The van der Waals surface area contributed by atoms with Crippen LogP contribution in [-0.2, 0) is 11.3 Å². The number of nitrogens with one attached hydrogen (secondary N) is 1. The molecule has 1 N–H and O–H groups in total. The fourth-order valence-electron chi connectivity index (χ4n) is 3.41. The van der Waals surface area contributed by atoms with Crippen molar-refractivity contribution < 1.29 is 14.3 Å². The lowest BCUT2D eigenvalue weighted by Crippen LogP contribution is -2.48. The first-order valence-electron chi connectivity index (χ1n) is 10.1. The molecule has 0 spiro atoms. The first-order valence-corrected chi connectivity index (χ1v) is 10.1. The lowest BCUT2D eigenvalue weighted by molar-refractivity contribution is -0.122. The van der Waals surface area contributed by atoms with Crippen molar-refractivity contribution in [2.24, 2.45) is 5.10 Å². The van der Waals surface area contributed by atoms with E-state index in [-0.39, 0.29) is 5.91 Å². The number of methoxy groups -OCH3 is 2. The van der Waals surface area contributed by atoms with Crippen molar-refractivity contribution in [1.29, 1.82) is 0 Å². The van der Waals surface area contributed by atoms with Crippen molar-refractivity contribution in [3.8, 4) is 11.5 Å². The van der Waals surface area contributed by atoms with Gasteiger partial charge in [0.15, 0.2) is 11.5 Å². The maximum Gasteiger partial charge on any atom is 0.254 e. The molecule has 0 atom stereocenters. The van der Waals surface area contributed by atoms with Gasteiger partial charge in [-0.05, 0) is 36.2 Å². The number of aryl methyl sites for hydroxylation is 1. The quantitative estimate of drug-likeness (QED) is 0.534. The van der Waals surface area contributed by atoms with Gasteiger partial charge in [0.05, 0.1) is 27.0 Å². The Bertz CT molecular complexity index is 859. The average Bonchev–Trinajstić information content (AvgIpc) is 2.76. The number of hydrazone groups is 1. The predicted octanol–water partition coefficient (Wildman–Crippen LogP) is 2.28. The third kappa shape index (κ3) is 6.30. The van der Waals surface area contributed by atoms with Gasteiger partial charge in [0, 0.05) is 32.7 Å². The highest BCUT2D eigenvalue weighted by molar-refractivity contribution is 5.83. The molecule has 2 aromatic carbocycles. The number of benzene rings is 2. The summed E-state index contributed by atoms with van der Waals surface area (Å²) in [6, 6.07) is 14.1. The molecule has 1 amide bonds. The fourth-order valence-corrected chi connectivity index (χ4v) is 3.41. The Hall–Kier alpha value is -2.90. The Morgan fingerprint density at radius 2 is 1.67 bits per heavy atom. The molecule has 1 fully saturated rings. The highest BCUT2D eigenvalue weighted by atomic mass is 16.5. The number of hydrogen-bond donors (Lipinski definition) is 1. The summed E-state index contributed by atoms with van der Waals surface area (Å²) < 4.78 is 10.5. The van der Waals surface area contributed by atoms with Gasteiger partial charge in [-0.15, -0.1) is 0 Å². The summed E-state index contributed by atoms with van der Waals surface area (Å²) in [5.74, 6) is 1.16. The van der Waals surface area contributed by atoms with E-state index in [0.29, 0.717) is 18.0 Å². The van der Waals surface area contributed by atoms with E-state index >= 15 is 0 Å². The normalized spacial score (nSPS) is 15.3. The number of ether oxygens (including phenoxy) is 2. The number of nitrogens with zero attached hydrogens (tertiary/aromatic N) is 3. The monoisotopic (exact) mass is 410 g/mol. The van der Waals surface area contributed by atoms with Crippen LogP contribution in [0.2, 0.25) is 0 Å². The van der Waals surface area contributed by atoms with Crippen LogP contribution in [0.3, 0.4) is 0 Å². The largest absolute Gasteiger partial charge is 0.493 e. The van der Waals surface area contributed by atoms with Crippen LogP contribution < -0.4 is 14.9 Å². The smallest absolute Gasteiger partial charge is 0.254 e. The minimum absolute atomic E-state index is 0.112. The van der Waals surface area contributed by atoms with E-state index in [2.05, 4.69) is 51.5 Å². The molecule has 1 aliphatic heterocycles. The van der Waals surface area contributed by atoms with Crippen LogP contribution in [0.4, 0.5) is 0 Å². The zero-order valence-electron chi connectivity index (χ0n) is 17.9. The van der Waals surface area contributed by atoms with Crippen molar-refractivity contribution in [2.45, 2.75) is 13.5 Å². The summed E-state index contributed by atoms with van der Waals surface area (Å²) in [6.07, 6.45) is 1.60. The number of hydrogen-bond acceptors (Lipinski definition) is 6. The fraction of sp³-hybridized carbons (Fsp3) is 0.391. The Labute approximate surface area is 178 Å². The molecule has 1 aliphatic rings. The summed E-state index contributed by atoms with van der Waals surface area (Å²) >= 11 is 0. The van der Waals surface area contributed by atoms with Gasteiger partial charge in [0.1, 0.15) is 0 Å². The second-order valence-electron chi connectivity index (χ2n) is 7.45. The van der Waals surface area contributed by atoms with E-state index in [1.54, 1.807) is 26.5 Å². The van der Waals surface area contributed by atoms with Crippen LogP contribution in [0, 0.1) is 6.92 Å². The number of piperazine rings is 1. The zero-order valence-corrected chi connectivity index (χ0v) is 17.9. The molecular formula is C23H30N4O3. The summed E-state index contributed by atoms with van der Waals surface area (Å²) in [6.45, 7) is 7.06. The third-order valence-electron chi connectivity index (χ3n) is 5.17. The molecule has 0 unspecified atom stereocenters. The molecule has 7 heteroatoms. The maximum atomic E-state index is 12.2. The highest BCUT2D eigenvalue weighted by Gasteiger charge is 2.18. The second kappa shape index (κ2) is 10.8. The molecule has 7 nitrogen and oxygen atoms in total. The molecule has 0 aliphatic carbocycles. The van der Waals surface area contributed by atoms with Gasteiger partial charge < -0.3 is 9.47 Å². The van der Waals surface area contributed by atoms with Crippen molar-refractivity contribution in [3.05, 3.63) is 59.2 Å². The summed E-state index contributed by atoms with van der Waals surface area (Å²) in [5, 5.41) is 4.06. The number of rotatable bonds is 8. The number of carbonyl (C=O) groups excluding carboxylic acids is 1. The lowest BCUT2D eigenvalue weighted by Gasteiger charge is -2.34. The summed E-state index contributed by atoms with van der Waals surface area (Å²) in [5.41, 5.74) is 6.03. The molecule has 0 aromatic heterocycles. The maximum absolute atomic E-state index is 12.2. The van der Waals surface area contributed by atoms with Gasteiger partial charge >= 0.3 is 0 Å². The first kappa shape index (κ1) is 21.8. The van der Waals surface area contributed by atoms with Crippen molar-refractivity contribution in [3.63, 3.8) is 0 Å². The summed E-state index contributed by atoms with van der Waals surface area (Å²) in [4.78, 5) is 16.8. The molecule has 160 valence electrons. The zero-order chi connectivity index (χ0) is 21.3. The van der Waals surface area contributed by atoms with Crippen molar-refractivity contribution in [2.75, 3.05) is 46.9 Å². The van der Waals surface area contributed by atoms with Crippen LogP contribution in [-0.4, -0.2) is 68.9 Å². The van der Waals surface area contributed by atoms with Crippen LogP contribution >= 0.6 is 0 Å². The Balaban J connectivity index is 1.40. The second-order valence-corrected chi connectivity index (χ2v) is 7.45. The molecule has 3 rings (SSSR count). The van der Waals surface area contributed by atoms with Gasteiger partial charge in [-0.25, -0.2) is 5.43 Å². The molecule has 2 aromatic rings. The Morgan fingerprint density at radius 1 is 1.00 bits per heavy atom. The van der Waals surface area contributed by atoms with Gasteiger partial charge in [0.2, 0.25) is 0 Å². The number of amides is 1. The van der Waals surface area contributed by atoms with Crippen molar-refractivity contribution in [1.82, 2.24) is 15.2 Å². The minimum Gasteiger partial charge on any atom is -0.493 e. The number of carbonyl (C=O) groups is 1. The Kier molecular flexibility index (Phi) is 7.82. The van der Waals surface area contributed by atoms with E-state index < -0.39 is 0 Å². The lowest BCUT2D eigenvalue weighted by atomic mass is 10.1. The van der Waals surface area contributed by atoms with Gasteiger partial charge in [-0.1, -0.05) is 29.8 Å². The van der Waals surface area contributed by atoms with Crippen molar-refractivity contribution >= 4 is 12.1 Å². The topological polar surface area (TPSA) is 66.4 Å². The Morgan fingerprint density at radius 3 is 2.33 bits per heavy atom. The van der Waals surface area contributed by atoms with Crippen LogP contribution in [0.15, 0.2) is 47.6 Å². The van der Waals surface area contributed by atoms with Gasteiger partial charge in [-0.3, -0.25) is 14.6 Å². The minimum atomic E-state index is -0.112. The molecule has 1 heterocycles. The molecule has 0 bridgehead atoms. The molecule has 0 saturated carbocycles. The van der Waals surface area contributed by atoms with Crippen LogP contribution in [0.1, 0.15) is 16.7 Å². The van der Waals surface area contributed by atoms with Gasteiger partial charge in [0.25, 0.3) is 5.91 Å². The molecule has 30 heavy (non-hydrogen) atoms. The SMILES string of the molecule is COc1ccc(C=NNC(=O)CN2CCN(Cc3ccc(C)cc3)CC2)cc1OC. The van der Waals surface area contributed by atoms with E-state index in [9.17, 15) is 4.79 Å². The standard InChI is InChI=1S/C23H30N4O3/c1-18-4-6-19(7-5-18)16-26-10-12-27(13-11-26)17-23(28)25-24-15-20-8-9-21(29-2)22(14-20)30-3/h4-9,14-15H,10-13,16-17H2,1-3H3,(H,25,28). The van der Waals surface area contributed by atoms with Gasteiger partial charge in [-0.2, -0.15) is 5.10 Å². The van der Waals surface area contributed by atoms with E-state index in [4.69, 9.17) is 9.47 Å². The summed E-state index contributed by atoms with van der Waals surface area (Å²) in [7, 11) is 3.18. The third-order valence-corrected chi connectivity index (χ3v) is 5.17. The van der Waals surface area contributed by atoms with E-state index in [0.717, 1.165) is 38.3 Å². The first-order chi connectivity index (χ1) is 14.6. The van der Waals surface area contributed by atoms with E-state index in [1.165, 1.54) is 11.1 Å².